The van der Waals surface area contributed by atoms with Crippen LogP contribution in [0, 0.1) is 6.92 Å². The van der Waals surface area contributed by atoms with Crippen LogP contribution in [0.5, 0.6) is 0 Å². The van der Waals surface area contributed by atoms with E-state index in [9.17, 15) is 0 Å². The number of rotatable bonds is 3. The second-order valence-electron chi connectivity index (χ2n) is 4.14. The highest BCUT2D eigenvalue weighted by Crippen LogP contribution is 2.27. The van der Waals surface area contributed by atoms with E-state index in [1.807, 2.05) is 24.3 Å². The van der Waals surface area contributed by atoms with E-state index in [4.69, 9.17) is 10.2 Å². The molecule has 0 saturated carbocycles. The van der Waals surface area contributed by atoms with Crippen molar-refractivity contribution in [3.63, 3.8) is 0 Å². The summed E-state index contributed by atoms with van der Waals surface area (Å²) in [5.74, 6) is 1.80. The van der Waals surface area contributed by atoms with Gasteiger partial charge in [0.1, 0.15) is 11.5 Å². The summed E-state index contributed by atoms with van der Waals surface area (Å²) in [6, 6.07) is 9.88. The highest BCUT2D eigenvalue weighted by molar-refractivity contribution is 9.10. The highest BCUT2D eigenvalue weighted by Gasteiger charge is 2.15. The van der Waals surface area contributed by atoms with Crippen molar-refractivity contribution in [2.24, 2.45) is 5.73 Å². The van der Waals surface area contributed by atoms with Gasteiger partial charge in [0.15, 0.2) is 0 Å². The van der Waals surface area contributed by atoms with E-state index in [0.717, 1.165) is 28.0 Å². The number of hydrogen-bond donors (Lipinski definition) is 1. The fourth-order valence-corrected chi connectivity index (χ4v) is 2.23. The summed E-state index contributed by atoms with van der Waals surface area (Å²) in [5.41, 5.74) is 8.51. The lowest BCUT2D eigenvalue weighted by atomic mass is 10.0. The predicted molar refractivity (Wildman–Crippen MR) is 73.0 cm³/mol. The molecule has 17 heavy (non-hydrogen) atoms. The normalized spacial score (nSPS) is 12.7. The first-order valence-corrected chi connectivity index (χ1v) is 6.51. The van der Waals surface area contributed by atoms with E-state index in [-0.39, 0.29) is 6.04 Å². The van der Waals surface area contributed by atoms with Crippen molar-refractivity contribution in [1.82, 2.24) is 0 Å². The molecule has 1 aromatic heterocycles. The van der Waals surface area contributed by atoms with Gasteiger partial charge >= 0.3 is 0 Å². The van der Waals surface area contributed by atoms with Gasteiger partial charge in [-0.2, -0.15) is 0 Å². The van der Waals surface area contributed by atoms with Gasteiger partial charge in [-0.15, -0.1) is 0 Å². The van der Waals surface area contributed by atoms with Gasteiger partial charge in [0.2, 0.25) is 0 Å². The van der Waals surface area contributed by atoms with E-state index < -0.39 is 0 Å². The zero-order valence-corrected chi connectivity index (χ0v) is 11.6. The van der Waals surface area contributed by atoms with Crippen molar-refractivity contribution < 1.29 is 4.42 Å². The zero-order chi connectivity index (χ0) is 12.4. The molecule has 1 aromatic carbocycles. The molecule has 0 radical (unpaired) electrons. The first kappa shape index (κ1) is 12.4. The van der Waals surface area contributed by atoms with Crippen LogP contribution >= 0.6 is 15.9 Å². The van der Waals surface area contributed by atoms with E-state index in [1.54, 1.807) is 0 Å². The average Bonchev–Trinajstić information content (AvgIpc) is 2.80. The maximum absolute atomic E-state index is 6.24. The number of hydrogen-bond acceptors (Lipinski definition) is 2. The van der Waals surface area contributed by atoms with E-state index in [2.05, 4.69) is 35.8 Å². The summed E-state index contributed by atoms with van der Waals surface area (Å²) in [7, 11) is 0. The largest absolute Gasteiger partial charge is 0.464 e. The predicted octanol–water partition coefficient (Wildman–Crippen LogP) is 3.96. The molecule has 2 rings (SSSR count). The van der Waals surface area contributed by atoms with E-state index in [1.165, 1.54) is 5.56 Å². The lowest BCUT2D eigenvalue weighted by Crippen LogP contribution is -2.12. The Morgan fingerprint density at radius 1 is 1.29 bits per heavy atom. The van der Waals surface area contributed by atoms with Gasteiger partial charge in [0.05, 0.1) is 6.04 Å². The monoisotopic (exact) mass is 293 g/mol. The summed E-state index contributed by atoms with van der Waals surface area (Å²) >= 11 is 3.47. The van der Waals surface area contributed by atoms with Gasteiger partial charge in [-0.1, -0.05) is 28.9 Å². The number of aryl methyl sites for hydroxylation is 2. The minimum atomic E-state index is -0.201. The van der Waals surface area contributed by atoms with Crippen molar-refractivity contribution in [3.05, 3.63) is 57.5 Å². The standard InChI is InChI=1S/C14H16BrNO/c1-3-11-6-7-13(17-11)14(16)12-8-10(15)5-4-9(12)2/h4-8,14H,3,16H2,1-2H3. The molecule has 0 aliphatic rings. The molecule has 1 atom stereocenters. The fraction of sp³-hybridized carbons (Fsp3) is 0.286. The molecule has 2 nitrogen and oxygen atoms in total. The molecule has 0 spiro atoms. The lowest BCUT2D eigenvalue weighted by Gasteiger charge is -2.13. The molecule has 0 amide bonds. The Kier molecular flexibility index (Phi) is 3.69. The van der Waals surface area contributed by atoms with Crippen molar-refractivity contribution in [3.8, 4) is 0 Å². The summed E-state index contributed by atoms with van der Waals surface area (Å²) in [6.07, 6.45) is 0.893. The molecule has 0 fully saturated rings. The van der Waals surface area contributed by atoms with Gasteiger partial charge in [-0.3, -0.25) is 0 Å². The van der Waals surface area contributed by atoms with E-state index in [0.29, 0.717) is 0 Å². The van der Waals surface area contributed by atoms with Crippen molar-refractivity contribution in [2.75, 3.05) is 0 Å². The Bertz CT molecular complexity index is 519. The smallest absolute Gasteiger partial charge is 0.125 e. The van der Waals surface area contributed by atoms with Crippen molar-refractivity contribution in [1.29, 1.82) is 0 Å². The van der Waals surface area contributed by atoms with Crippen molar-refractivity contribution in [2.45, 2.75) is 26.3 Å². The van der Waals surface area contributed by atoms with Crippen LogP contribution in [0.3, 0.4) is 0 Å². The van der Waals surface area contributed by atoms with Gasteiger partial charge in [0.25, 0.3) is 0 Å². The summed E-state index contributed by atoms with van der Waals surface area (Å²) < 4.78 is 6.74. The molecule has 2 aromatic rings. The Morgan fingerprint density at radius 2 is 2.06 bits per heavy atom. The zero-order valence-electron chi connectivity index (χ0n) is 10.0. The molecule has 0 bridgehead atoms. The Labute approximate surface area is 110 Å². The number of nitrogens with two attached hydrogens (primary N) is 1. The van der Waals surface area contributed by atoms with Crippen LogP contribution in [0.1, 0.15) is 35.6 Å². The van der Waals surface area contributed by atoms with Gasteiger partial charge in [-0.25, -0.2) is 0 Å². The second-order valence-corrected chi connectivity index (χ2v) is 5.05. The van der Waals surface area contributed by atoms with Gasteiger partial charge < -0.3 is 10.2 Å². The summed E-state index contributed by atoms with van der Waals surface area (Å²) in [6.45, 7) is 4.13. The number of halogens is 1. The van der Waals surface area contributed by atoms with Crippen LogP contribution in [0.25, 0.3) is 0 Å². The minimum absolute atomic E-state index is 0.201. The van der Waals surface area contributed by atoms with E-state index >= 15 is 0 Å². The van der Waals surface area contributed by atoms with Gasteiger partial charge in [-0.05, 0) is 42.3 Å². The molecule has 0 saturated heterocycles. The Balaban J connectivity index is 2.35. The molecule has 3 heteroatoms. The number of furan rings is 1. The second kappa shape index (κ2) is 5.07. The molecule has 1 unspecified atom stereocenters. The maximum Gasteiger partial charge on any atom is 0.125 e. The SMILES string of the molecule is CCc1ccc(C(N)c2cc(Br)ccc2C)o1. The molecular weight excluding hydrogens is 278 g/mol. The third-order valence-corrected chi connectivity index (χ3v) is 3.41. The third-order valence-electron chi connectivity index (χ3n) is 2.91. The highest BCUT2D eigenvalue weighted by atomic mass is 79.9. The van der Waals surface area contributed by atoms with Crippen LogP contribution in [0.4, 0.5) is 0 Å². The lowest BCUT2D eigenvalue weighted by molar-refractivity contribution is 0.453. The molecule has 2 N–H and O–H groups in total. The van der Waals surface area contributed by atoms with Crippen LogP contribution in [-0.4, -0.2) is 0 Å². The van der Waals surface area contributed by atoms with Crippen LogP contribution < -0.4 is 5.73 Å². The first-order chi connectivity index (χ1) is 8.11. The van der Waals surface area contributed by atoms with Crippen LogP contribution in [-0.2, 0) is 6.42 Å². The first-order valence-electron chi connectivity index (χ1n) is 5.72. The third kappa shape index (κ3) is 2.61. The summed E-state index contributed by atoms with van der Waals surface area (Å²) in [5, 5.41) is 0. The quantitative estimate of drug-likeness (QED) is 0.930. The molecule has 90 valence electrons. The maximum atomic E-state index is 6.24. The number of benzene rings is 1. The Morgan fingerprint density at radius 3 is 2.71 bits per heavy atom. The average molecular weight is 294 g/mol. The summed E-state index contributed by atoms with van der Waals surface area (Å²) in [4.78, 5) is 0. The van der Waals surface area contributed by atoms with Gasteiger partial charge in [0, 0.05) is 10.9 Å². The molecule has 1 heterocycles. The topological polar surface area (TPSA) is 39.2 Å². The Hall–Kier alpha value is -1.06. The molecule has 0 aliphatic carbocycles. The van der Waals surface area contributed by atoms with Crippen molar-refractivity contribution >= 4 is 15.9 Å². The minimum Gasteiger partial charge on any atom is -0.464 e. The van der Waals surface area contributed by atoms with Crippen LogP contribution in [0.2, 0.25) is 0 Å². The molecular formula is C14H16BrNO. The molecule has 0 aliphatic heterocycles. The fourth-order valence-electron chi connectivity index (χ4n) is 1.85. The van der Waals surface area contributed by atoms with Crippen LogP contribution in [0.15, 0.2) is 39.2 Å².